The van der Waals surface area contributed by atoms with E-state index in [9.17, 15) is 9.90 Å². The van der Waals surface area contributed by atoms with Crippen molar-refractivity contribution in [2.75, 3.05) is 26.0 Å². The predicted octanol–water partition coefficient (Wildman–Crippen LogP) is 4.60. The zero-order chi connectivity index (χ0) is 19.2. The van der Waals surface area contributed by atoms with E-state index < -0.39 is 5.60 Å². The van der Waals surface area contributed by atoms with E-state index in [4.69, 9.17) is 4.74 Å². The molecule has 2 rings (SSSR count). The first-order valence-corrected chi connectivity index (χ1v) is 10.8. The van der Waals surface area contributed by atoms with Gasteiger partial charge in [0, 0.05) is 24.6 Å². The predicted molar refractivity (Wildman–Crippen MR) is 108 cm³/mol. The first-order valence-electron chi connectivity index (χ1n) is 9.54. The molecule has 0 bridgehead atoms. The van der Waals surface area contributed by atoms with Gasteiger partial charge in [0.15, 0.2) is 0 Å². The minimum absolute atomic E-state index is 0.217. The Labute approximate surface area is 162 Å². The number of amides is 1. The average molecular weight is 380 g/mol. The second kappa shape index (κ2) is 9.65. The number of nitrogens with zero attached hydrogens (tertiary/aromatic N) is 1. The van der Waals surface area contributed by atoms with E-state index in [2.05, 4.69) is 30.5 Å². The largest absolute Gasteiger partial charge is 0.444 e. The van der Waals surface area contributed by atoms with Crippen molar-refractivity contribution >= 4 is 17.9 Å². The highest BCUT2D eigenvalue weighted by molar-refractivity contribution is 7.98. The maximum atomic E-state index is 12.2. The third-order valence-corrected chi connectivity index (χ3v) is 5.91. The summed E-state index contributed by atoms with van der Waals surface area (Å²) in [5.41, 5.74) is 0.913. The fraction of sp³-hybridized carbons (Fsp3) is 0.667. The minimum atomic E-state index is -0.452. The Balaban J connectivity index is 1.85. The van der Waals surface area contributed by atoms with E-state index in [0.717, 1.165) is 38.8 Å². The summed E-state index contributed by atoms with van der Waals surface area (Å²) >= 11 is 1.78. The third kappa shape index (κ3) is 6.20. The number of carbonyl (C=O) groups is 1. The number of benzene rings is 1. The monoisotopic (exact) mass is 379 g/mol. The van der Waals surface area contributed by atoms with Crippen LogP contribution in [0.15, 0.2) is 29.2 Å². The van der Waals surface area contributed by atoms with E-state index in [1.165, 1.54) is 10.5 Å². The topological polar surface area (TPSA) is 49.8 Å². The molecule has 0 aliphatic carbocycles. The van der Waals surface area contributed by atoms with Gasteiger partial charge in [-0.25, -0.2) is 4.79 Å². The molecular formula is C21H33NO3S. The van der Waals surface area contributed by atoms with Gasteiger partial charge in [0.05, 0.1) is 0 Å². The summed E-state index contributed by atoms with van der Waals surface area (Å²) < 4.78 is 5.47. The second-order valence-corrected chi connectivity index (χ2v) is 8.95. The molecule has 0 saturated carbocycles. The van der Waals surface area contributed by atoms with Crippen molar-refractivity contribution in [1.29, 1.82) is 0 Å². The van der Waals surface area contributed by atoms with Gasteiger partial charge in [-0.2, -0.15) is 0 Å². The smallest absolute Gasteiger partial charge is 0.410 e. The van der Waals surface area contributed by atoms with Gasteiger partial charge in [-0.3, -0.25) is 0 Å². The molecule has 0 spiro atoms. The molecule has 1 amide bonds. The Bertz CT molecular complexity index is 577. The van der Waals surface area contributed by atoms with E-state index in [-0.39, 0.29) is 12.7 Å². The van der Waals surface area contributed by atoms with Gasteiger partial charge >= 0.3 is 6.09 Å². The molecule has 1 N–H and O–H groups in total. The highest BCUT2D eigenvalue weighted by Crippen LogP contribution is 2.30. The molecule has 1 saturated heterocycles. The summed E-state index contributed by atoms with van der Waals surface area (Å²) in [5, 5.41) is 9.90. The summed E-state index contributed by atoms with van der Waals surface area (Å²) in [4.78, 5) is 15.3. The van der Waals surface area contributed by atoms with Gasteiger partial charge in [0.2, 0.25) is 0 Å². The Hall–Kier alpha value is -1.20. The van der Waals surface area contributed by atoms with Crippen LogP contribution in [-0.2, 0) is 11.2 Å². The second-order valence-electron chi connectivity index (χ2n) is 8.10. The molecule has 5 heteroatoms. The van der Waals surface area contributed by atoms with E-state index in [1.54, 1.807) is 16.7 Å². The molecule has 4 nitrogen and oxygen atoms in total. The van der Waals surface area contributed by atoms with Crippen LogP contribution < -0.4 is 0 Å². The SMILES string of the molecule is CSc1ccccc1CCC(CO)C1CCN(C(=O)OC(C)(C)C)CC1. The Kier molecular flexibility index (Phi) is 7.84. The summed E-state index contributed by atoms with van der Waals surface area (Å²) in [6, 6.07) is 8.51. The van der Waals surface area contributed by atoms with Crippen molar-refractivity contribution in [3.8, 4) is 0 Å². The number of piperidine rings is 1. The van der Waals surface area contributed by atoms with Crippen LogP contribution in [0.5, 0.6) is 0 Å². The highest BCUT2D eigenvalue weighted by Gasteiger charge is 2.30. The average Bonchev–Trinajstić information content (AvgIpc) is 2.61. The Morgan fingerprint density at radius 1 is 1.31 bits per heavy atom. The summed E-state index contributed by atoms with van der Waals surface area (Å²) in [7, 11) is 0. The molecule has 1 aromatic rings. The molecule has 1 aliphatic heterocycles. The lowest BCUT2D eigenvalue weighted by atomic mass is 9.81. The minimum Gasteiger partial charge on any atom is -0.444 e. The number of ether oxygens (including phenoxy) is 1. The number of aliphatic hydroxyl groups excluding tert-OH is 1. The number of hydrogen-bond donors (Lipinski definition) is 1. The number of aliphatic hydroxyl groups is 1. The lowest BCUT2D eigenvalue weighted by molar-refractivity contribution is 0.0138. The van der Waals surface area contributed by atoms with Gasteiger partial charge in [-0.05, 0) is 76.2 Å². The molecule has 1 unspecified atom stereocenters. The molecule has 0 radical (unpaired) electrons. The van der Waals surface area contributed by atoms with Gasteiger partial charge in [0.1, 0.15) is 5.60 Å². The van der Waals surface area contributed by atoms with Crippen molar-refractivity contribution < 1.29 is 14.6 Å². The number of carbonyl (C=O) groups excluding carboxylic acids is 1. The van der Waals surface area contributed by atoms with Gasteiger partial charge < -0.3 is 14.7 Å². The van der Waals surface area contributed by atoms with Crippen LogP contribution in [0.4, 0.5) is 4.79 Å². The van der Waals surface area contributed by atoms with Crippen LogP contribution in [0.2, 0.25) is 0 Å². The fourth-order valence-electron chi connectivity index (χ4n) is 3.61. The fourth-order valence-corrected chi connectivity index (χ4v) is 4.25. The van der Waals surface area contributed by atoms with Crippen molar-refractivity contribution in [2.24, 2.45) is 11.8 Å². The molecule has 1 aliphatic rings. The van der Waals surface area contributed by atoms with E-state index in [0.29, 0.717) is 11.8 Å². The van der Waals surface area contributed by atoms with E-state index in [1.807, 2.05) is 20.8 Å². The normalized spacial score (nSPS) is 17.2. The first-order chi connectivity index (χ1) is 12.3. The van der Waals surface area contributed by atoms with Crippen LogP contribution in [0, 0.1) is 11.8 Å². The number of rotatable bonds is 6. The maximum Gasteiger partial charge on any atom is 0.410 e. The molecule has 1 heterocycles. The summed E-state index contributed by atoms with van der Waals surface area (Å²) in [6.07, 6.45) is 5.75. The molecular weight excluding hydrogens is 346 g/mol. The van der Waals surface area contributed by atoms with Gasteiger partial charge in [-0.1, -0.05) is 18.2 Å². The number of likely N-dealkylation sites (tertiary alicyclic amines) is 1. The zero-order valence-electron chi connectivity index (χ0n) is 16.5. The van der Waals surface area contributed by atoms with Crippen LogP contribution in [0.25, 0.3) is 0 Å². The molecule has 0 aromatic heterocycles. The van der Waals surface area contributed by atoms with Crippen LogP contribution in [-0.4, -0.2) is 47.7 Å². The number of aryl methyl sites for hydroxylation is 1. The van der Waals surface area contributed by atoms with Crippen LogP contribution in [0.3, 0.4) is 0 Å². The van der Waals surface area contributed by atoms with Crippen LogP contribution >= 0.6 is 11.8 Å². The molecule has 1 atom stereocenters. The summed E-state index contributed by atoms with van der Waals surface area (Å²) in [5.74, 6) is 0.769. The Morgan fingerprint density at radius 2 is 1.96 bits per heavy atom. The van der Waals surface area contributed by atoms with Crippen molar-refractivity contribution in [3.63, 3.8) is 0 Å². The highest BCUT2D eigenvalue weighted by atomic mass is 32.2. The van der Waals surface area contributed by atoms with Gasteiger partial charge in [0.25, 0.3) is 0 Å². The van der Waals surface area contributed by atoms with Crippen molar-refractivity contribution in [3.05, 3.63) is 29.8 Å². The molecule has 146 valence electrons. The number of hydrogen-bond acceptors (Lipinski definition) is 4. The lowest BCUT2D eigenvalue weighted by Crippen LogP contribution is -2.43. The van der Waals surface area contributed by atoms with Crippen molar-refractivity contribution in [1.82, 2.24) is 4.90 Å². The first kappa shape index (κ1) is 21.1. The molecule has 1 aromatic carbocycles. The zero-order valence-corrected chi connectivity index (χ0v) is 17.3. The molecule has 1 fully saturated rings. The standard InChI is InChI=1S/C21H33NO3S/c1-21(2,3)25-20(24)22-13-11-16(12-14-22)18(15-23)10-9-17-7-5-6-8-19(17)26-4/h5-8,16,18,23H,9-15H2,1-4H3. The quantitative estimate of drug-likeness (QED) is 0.734. The van der Waals surface area contributed by atoms with Gasteiger partial charge in [-0.15, -0.1) is 11.8 Å². The Morgan fingerprint density at radius 3 is 2.54 bits per heavy atom. The molecule has 26 heavy (non-hydrogen) atoms. The third-order valence-electron chi connectivity index (χ3n) is 5.07. The maximum absolute atomic E-state index is 12.2. The van der Waals surface area contributed by atoms with E-state index >= 15 is 0 Å². The number of thioether (sulfide) groups is 1. The van der Waals surface area contributed by atoms with Crippen molar-refractivity contribution in [2.45, 2.75) is 57.0 Å². The summed E-state index contributed by atoms with van der Waals surface area (Å²) in [6.45, 7) is 7.34. The van der Waals surface area contributed by atoms with Crippen LogP contribution in [0.1, 0.15) is 45.6 Å². The lowest BCUT2D eigenvalue weighted by Gasteiger charge is -2.36.